The molecule has 0 heterocycles. The lowest BCUT2D eigenvalue weighted by molar-refractivity contribution is -0.202. The summed E-state index contributed by atoms with van der Waals surface area (Å²) in [4.78, 5) is 11.2. The molecule has 4 aliphatic carbocycles. The van der Waals surface area contributed by atoms with Crippen LogP contribution in [-0.4, -0.2) is 52.6 Å². The Morgan fingerprint density at radius 3 is 2.42 bits per heavy atom. The van der Waals surface area contributed by atoms with E-state index in [2.05, 4.69) is 6.92 Å². The number of aliphatic carboxylic acids is 1. The smallest absolute Gasteiger partial charge is 0.397 e. The summed E-state index contributed by atoms with van der Waals surface area (Å²) >= 11 is 0. The summed E-state index contributed by atoms with van der Waals surface area (Å²) in [7, 11) is -4.68. The van der Waals surface area contributed by atoms with Crippen LogP contribution in [0.2, 0.25) is 0 Å². The first kappa shape index (κ1) is 25.4. The summed E-state index contributed by atoms with van der Waals surface area (Å²) in [5.41, 5.74) is -0.717. The van der Waals surface area contributed by atoms with Crippen molar-refractivity contribution in [2.45, 2.75) is 96.9 Å². The fourth-order valence-electron chi connectivity index (χ4n) is 8.95. The maximum absolute atomic E-state index is 11.9. The topological polar surface area (TPSA) is 141 Å². The maximum atomic E-state index is 11.9. The Labute approximate surface area is 197 Å². The van der Waals surface area contributed by atoms with Gasteiger partial charge in [-0.3, -0.25) is 9.35 Å². The van der Waals surface area contributed by atoms with Gasteiger partial charge in [-0.1, -0.05) is 20.8 Å². The summed E-state index contributed by atoms with van der Waals surface area (Å²) in [6.07, 6.45) is 3.83. The number of carbonyl (C=O) groups is 1. The first-order valence-corrected chi connectivity index (χ1v) is 13.9. The van der Waals surface area contributed by atoms with Crippen LogP contribution in [-0.2, 0) is 19.4 Å². The molecule has 0 amide bonds. The Balaban J connectivity index is 1.71. The van der Waals surface area contributed by atoms with E-state index in [1.165, 1.54) is 0 Å². The molecule has 0 aliphatic heterocycles. The monoisotopic (exact) mass is 488 g/mol. The van der Waals surface area contributed by atoms with Gasteiger partial charge in [0.1, 0.15) is 0 Å². The Hall–Kier alpha value is -0.740. The molecular formula is C24H40O8S. The van der Waals surface area contributed by atoms with Crippen molar-refractivity contribution in [3.05, 3.63) is 0 Å². The fourth-order valence-corrected chi connectivity index (χ4v) is 9.53. The van der Waals surface area contributed by atoms with Gasteiger partial charge in [0.25, 0.3) is 0 Å². The molecule has 4 N–H and O–H groups in total. The number of carboxylic acids is 1. The highest BCUT2D eigenvalue weighted by molar-refractivity contribution is 7.80. The van der Waals surface area contributed by atoms with Crippen molar-refractivity contribution < 1.29 is 37.3 Å². The standard InChI is InChI=1S/C24H40O8S/c1-13(4-7-21(27)28)16-5-6-17-22-18(12-20(24(16,17)3)32-33(29,30)31)23(2)9-8-15(25)10-14(23)11-19(22)26/h13-20,22,25-26H,4-12H2,1-3H3,(H,27,28)(H,29,30,31)/t13-,14+,15-,16-,17+,18+,19-,20+,22+,23+,24-/m1/s1. The van der Waals surface area contributed by atoms with E-state index in [1.807, 2.05) is 13.8 Å². The van der Waals surface area contributed by atoms with Gasteiger partial charge in [-0.15, -0.1) is 0 Å². The highest BCUT2D eigenvalue weighted by atomic mass is 32.3. The molecule has 33 heavy (non-hydrogen) atoms. The van der Waals surface area contributed by atoms with Crippen molar-refractivity contribution >= 4 is 16.4 Å². The van der Waals surface area contributed by atoms with Gasteiger partial charge in [-0.2, -0.15) is 8.42 Å². The van der Waals surface area contributed by atoms with Crippen molar-refractivity contribution in [3.63, 3.8) is 0 Å². The van der Waals surface area contributed by atoms with Crippen LogP contribution in [0.3, 0.4) is 0 Å². The second kappa shape index (κ2) is 8.73. The molecule has 4 rings (SSSR count). The molecule has 190 valence electrons. The molecule has 4 fully saturated rings. The Kier molecular flexibility index (Phi) is 6.71. The van der Waals surface area contributed by atoms with E-state index in [0.29, 0.717) is 32.1 Å². The maximum Gasteiger partial charge on any atom is 0.397 e. The minimum atomic E-state index is -4.68. The number of rotatable bonds is 6. The van der Waals surface area contributed by atoms with Gasteiger partial charge >= 0.3 is 16.4 Å². The Morgan fingerprint density at radius 1 is 1.09 bits per heavy atom. The molecule has 0 saturated heterocycles. The van der Waals surface area contributed by atoms with Crippen molar-refractivity contribution in [1.82, 2.24) is 0 Å². The molecule has 0 aromatic heterocycles. The van der Waals surface area contributed by atoms with E-state index >= 15 is 0 Å². The lowest BCUT2D eigenvalue weighted by atomic mass is 9.43. The zero-order chi connectivity index (χ0) is 24.3. The Morgan fingerprint density at radius 2 is 1.79 bits per heavy atom. The quantitative estimate of drug-likeness (QED) is 0.417. The lowest BCUT2D eigenvalue weighted by Crippen LogP contribution is -2.63. The van der Waals surface area contributed by atoms with Gasteiger partial charge in [0.15, 0.2) is 0 Å². The number of aliphatic hydroxyl groups excluding tert-OH is 2. The molecule has 4 saturated carbocycles. The molecule has 0 aromatic carbocycles. The van der Waals surface area contributed by atoms with E-state index in [0.717, 1.165) is 19.3 Å². The number of fused-ring (bicyclic) bond motifs is 5. The van der Waals surface area contributed by atoms with Crippen LogP contribution in [0.5, 0.6) is 0 Å². The van der Waals surface area contributed by atoms with E-state index < -0.39 is 34.0 Å². The molecule has 8 nitrogen and oxygen atoms in total. The summed E-state index contributed by atoms with van der Waals surface area (Å²) in [5.74, 6) is -0.521. The second-order valence-corrected chi connectivity index (χ2v) is 13.0. The number of carboxylic acid groups (broad SMARTS) is 1. The van der Waals surface area contributed by atoms with Gasteiger partial charge in [0.2, 0.25) is 0 Å². The van der Waals surface area contributed by atoms with Crippen LogP contribution in [0.25, 0.3) is 0 Å². The molecule has 0 unspecified atom stereocenters. The van der Waals surface area contributed by atoms with Crippen LogP contribution in [0.15, 0.2) is 0 Å². The first-order valence-electron chi connectivity index (χ1n) is 12.5. The average Bonchev–Trinajstić information content (AvgIpc) is 3.05. The third kappa shape index (κ3) is 4.37. The highest BCUT2D eigenvalue weighted by Crippen LogP contribution is 2.69. The average molecular weight is 489 g/mol. The summed E-state index contributed by atoms with van der Waals surface area (Å²) in [6, 6.07) is 0. The summed E-state index contributed by atoms with van der Waals surface area (Å²) < 4.78 is 38.9. The van der Waals surface area contributed by atoms with E-state index in [1.54, 1.807) is 0 Å². The van der Waals surface area contributed by atoms with Crippen molar-refractivity contribution in [2.75, 3.05) is 0 Å². The van der Waals surface area contributed by atoms with Gasteiger partial charge in [0, 0.05) is 11.8 Å². The third-order valence-electron chi connectivity index (χ3n) is 10.5. The van der Waals surface area contributed by atoms with E-state index in [-0.39, 0.29) is 53.4 Å². The number of hydrogen-bond acceptors (Lipinski definition) is 6. The molecular weight excluding hydrogens is 448 g/mol. The highest BCUT2D eigenvalue weighted by Gasteiger charge is 2.66. The van der Waals surface area contributed by atoms with Crippen LogP contribution in [0.4, 0.5) is 0 Å². The van der Waals surface area contributed by atoms with Crippen molar-refractivity contribution in [3.8, 4) is 0 Å². The van der Waals surface area contributed by atoms with Crippen molar-refractivity contribution in [1.29, 1.82) is 0 Å². The largest absolute Gasteiger partial charge is 0.481 e. The summed E-state index contributed by atoms with van der Waals surface area (Å²) in [5, 5.41) is 30.8. The third-order valence-corrected chi connectivity index (χ3v) is 11.0. The molecule has 0 spiro atoms. The molecule has 4 aliphatic rings. The zero-order valence-electron chi connectivity index (χ0n) is 19.9. The minimum absolute atomic E-state index is 0.00409. The van der Waals surface area contributed by atoms with E-state index in [9.17, 15) is 28.0 Å². The minimum Gasteiger partial charge on any atom is -0.481 e. The lowest BCUT2D eigenvalue weighted by Gasteiger charge is -2.63. The molecule has 9 heteroatoms. The first-order chi connectivity index (χ1) is 15.3. The number of aliphatic hydroxyl groups is 2. The van der Waals surface area contributed by atoms with Gasteiger partial charge in [0.05, 0.1) is 18.3 Å². The fraction of sp³-hybridized carbons (Fsp3) is 0.958. The van der Waals surface area contributed by atoms with Crippen LogP contribution in [0, 0.1) is 46.3 Å². The predicted molar refractivity (Wildman–Crippen MR) is 120 cm³/mol. The van der Waals surface area contributed by atoms with E-state index in [4.69, 9.17) is 9.29 Å². The molecule has 0 radical (unpaired) electrons. The molecule has 0 aromatic rings. The van der Waals surface area contributed by atoms with Gasteiger partial charge in [-0.05, 0) is 92.3 Å². The predicted octanol–water partition coefficient (Wildman–Crippen LogP) is 3.28. The normalized spacial score (nSPS) is 48.4. The number of hydrogen-bond donors (Lipinski definition) is 4. The second-order valence-electron chi connectivity index (χ2n) is 11.9. The van der Waals surface area contributed by atoms with Crippen LogP contribution >= 0.6 is 0 Å². The Bertz CT molecular complexity index is 861. The van der Waals surface area contributed by atoms with Gasteiger partial charge in [-0.25, -0.2) is 4.18 Å². The molecule has 11 atom stereocenters. The zero-order valence-corrected chi connectivity index (χ0v) is 20.7. The van der Waals surface area contributed by atoms with Crippen molar-refractivity contribution in [2.24, 2.45) is 46.3 Å². The molecule has 0 bridgehead atoms. The van der Waals surface area contributed by atoms with Gasteiger partial charge < -0.3 is 15.3 Å². The van der Waals surface area contributed by atoms with Crippen LogP contribution in [0.1, 0.15) is 78.6 Å². The van der Waals surface area contributed by atoms with Crippen LogP contribution < -0.4 is 0 Å². The SMILES string of the molecule is C[C@H](CCC(=O)O)[C@H]1CC[C@H]2[C@@H]3[C@H](O)C[C@@H]4C[C@H](O)CC[C@]4(C)[C@H]3C[C@H](OS(=O)(=O)O)[C@]12C. The summed E-state index contributed by atoms with van der Waals surface area (Å²) in [6.45, 7) is 6.28.